The Kier molecular flexibility index (Phi) is 5.38. The maximum absolute atomic E-state index is 3.82. The second-order valence-electron chi connectivity index (χ2n) is 5.76. The van der Waals surface area contributed by atoms with Crippen LogP contribution in [0.3, 0.4) is 0 Å². The molecular weight excluding hydrogens is 182 g/mol. The first-order valence-corrected chi connectivity index (χ1v) is 6.49. The van der Waals surface area contributed by atoms with E-state index in [9.17, 15) is 0 Å². The topological polar surface area (TPSA) is 12.0 Å². The van der Waals surface area contributed by atoms with Crippen LogP contribution in [-0.4, -0.2) is 12.1 Å². The van der Waals surface area contributed by atoms with Gasteiger partial charge in [-0.05, 0) is 37.5 Å². The molecule has 1 heteroatoms. The first-order valence-electron chi connectivity index (χ1n) is 6.49. The van der Waals surface area contributed by atoms with Crippen molar-refractivity contribution in [2.24, 2.45) is 11.8 Å². The third-order valence-electron chi connectivity index (χ3n) is 2.99. The summed E-state index contributed by atoms with van der Waals surface area (Å²) in [5.41, 5.74) is 0. The van der Waals surface area contributed by atoms with Gasteiger partial charge in [-0.3, -0.25) is 0 Å². The fraction of sp³-hybridized carbons (Fsp3) is 0.857. The molecule has 15 heavy (non-hydrogen) atoms. The molecule has 0 spiro atoms. The third-order valence-corrected chi connectivity index (χ3v) is 2.99. The van der Waals surface area contributed by atoms with Crippen LogP contribution < -0.4 is 5.32 Å². The van der Waals surface area contributed by atoms with Crippen molar-refractivity contribution in [2.45, 2.75) is 65.5 Å². The highest BCUT2D eigenvalue weighted by Crippen LogP contribution is 2.17. The zero-order valence-electron chi connectivity index (χ0n) is 10.8. The summed E-state index contributed by atoms with van der Waals surface area (Å²) < 4.78 is 0. The van der Waals surface area contributed by atoms with E-state index in [4.69, 9.17) is 0 Å². The third kappa shape index (κ3) is 5.36. The molecule has 0 saturated carbocycles. The summed E-state index contributed by atoms with van der Waals surface area (Å²) >= 11 is 0. The summed E-state index contributed by atoms with van der Waals surface area (Å²) in [6.07, 6.45) is 9.70. The van der Waals surface area contributed by atoms with Gasteiger partial charge in [0.2, 0.25) is 0 Å². The Morgan fingerprint density at radius 1 is 1.00 bits per heavy atom. The molecule has 0 radical (unpaired) electrons. The minimum Gasteiger partial charge on any atom is -0.311 e. The fourth-order valence-electron chi connectivity index (χ4n) is 2.46. The van der Waals surface area contributed by atoms with Crippen LogP contribution in [0.1, 0.15) is 53.4 Å². The molecule has 1 nitrogen and oxygen atoms in total. The minimum absolute atomic E-state index is 0.715. The van der Waals surface area contributed by atoms with Gasteiger partial charge in [0, 0.05) is 12.1 Å². The standard InChI is InChI=1S/C14H27N/c1-11(2)9-14(10-12(3)4)15-13-7-5-6-8-13/h5-6,11-15H,7-10H2,1-4H3. The molecule has 0 aromatic heterocycles. The maximum Gasteiger partial charge on any atom is 0.0139 e. The van der Waals surface area contributed by atoms with E-state index in [2.05, 4.69) is 45.2 Å². The lowest BCUT2D eigenvalue weighted by atomic mass is 9.95. The average Bonchev–Trinajstić information content (AvgIpc) is 2.53. The highest BCUT2D eigenvalue weighted by atomic mass is 14.9. The van der Waals surface area contributed by atoms with Gasteiger partial charge in [-0.25, -0.2) is 0 Å². The van der Waals surface area contributed by atoms with Crippen LogP contribution in [0.4, 0.5) is 0 Å². The Bertz CT molecular complexity index is 176. The molecule has 1 aliphatic rings. The van der Waals surface area contributed by atoms with E-state index in [0.29, 0.717) is 6.04 Å². The molecule has 0 aromatic carbocycles. The Morgan fingerprint density at radius 3 is 1.87 bits per heavy atom. The minimum atomic E-state index is 0.715. The van der Waals surface area contributed by atoms with Crippen molar-refractivity contribution in [1.82, 2.24) is 5.32 Å². The maximum atomic E-state index is 3.82. The largest absolute Gasteiger partial charge is 0.311 e. The van der Waals surface area contributed by atoms with Crippen LogP contribution in [-0.2, 0) is 0 Å². The molecule has 1 rings (SSSR count). The lowest BCUT2D eigenvalue weighted by Gasteiger charge is -2.26. The summed E-state index contributed by atoms with van der Waals surface area (Å²) in [6, 6.07) is 1.43. The first kappa shape index (κ1) is 12.8. The van der Waals surface area contributed by atoms with Gasteiger partial charge >= 0.3 is 0 Å². The van der Waals surface area contributed by atoms with E-state index >= 15 is 0 Å². The van der Waals surface area contributed by atoms with E-state index in [1.165, 1.54) is 25.7 Å². The number of rotatable bonds is 6. The van der Waals surface area contributed by atoms with Crippen molar-refractivity contribution in [1.29, 1.82) is 0 Å². The second kappa shape index (κ2) is 6.32. The van der Waals surface area contributed by atoms with Crippen molar-refractivity contribution in [3.8, 4) is 0 Å². The van der Waals surface area contributed by atoms with E-state index < -0.39 is 0 Å². The van der Waals surface area contributed by atoms with E-state index in [-0.39, 0.29) is 0 Å². The van der Waals surface area contributed by atoms with E-state index in [0.717, 1.165) is 17.9 Å². The lowest BCUT2D eigenvalue weighted by molar-refractivity contribution is 0.329. The highest BCUT2D eigenvalue weighted by Gasteiger charge is 2.17. The molecule has 0 atom stereocenters. The zero-order chi connectivity index (χ0) is 11.3. The zero-order valence-corrected chi connectivity index (χ0v) is 10.8. The van der Waals surface area contributed by atoms with Gasteiger partial charge in [-0.2, -0.15) is 0 Å². The molecule has 0 heterocycles. The van der Waals surface area contributed by atoms with Crippen LogP contribution in [0.15, 0.2) is 12.2 Å². The Morgan fingerprint density at radius 2 is 1.47 bits per heavy atom. The normalized spacial score (nSPS) is 17.5. The second-order valence-corrected chi connectivity index (χ2v) is 5.76. The molecule has 0 aliphatic heterocycles. The summed E-state index contributed by atoms with van der Waals surface area (Å²) in [7, 11) is 0. The number of hydrogen-bond donors (Lipinski definition) is 1. The number of nitrogens with one attached hydrogen (secondary N) is 1. The van der Waals surface area contributed by atoms with Crippen LogP contribution in [0.25, 0.3) is 0 Å². The molecule has 1 N–H and O–H groups in total. The monoisotopic (exact) mass is 209 g/mol. The van der Waals surface area contributed by atoms with Gasteiger partial charge in [-0.15, -0.1) is 0 Å². The molecule has 0 amide bonds. The quantitative estimate of drug-likeness (QED) is 0.657. The van der Waals surface area contributed by atoms with Crippen LogP contribution >= 0.6 is 0 Å². The predicted octanol–water partition coefficient (Wildman–Crippen LogP) is 3.76. The molecule has 0 aromatic rings. The SMILES string of the molecule is CC(C)CC(CC(C)C)NC1CC=CC1. The summed E-state index contributed by atoms with van der Waals surface area (Å²) in [6.45, 7) is 9.29. The van der Waals surface area contributed by atoms with Gasteiger partial charge < -0.3 is 5.32 Å². The van der Waals surface area contributed by atoms with Gasteiger partial charge in [-0.1, -0.05) is 39.8 Å². The van der Waals surface area contributed by atoms with Crippen molar-refractivity contribution in [3.05, 3.63) is 12.2 Å². The summed E-state index contributed by atoms with van der Waals surface area (Å²) in [4.78, 5) is 0. The van der Waals surface area contributed by atoms with Crippen molar-refractivity contribution in [2.75, 3.05) is 0 Å². The van der Waals surface area contributed by atoms with Gasteiger partial charge in [0.05, 0.1) is 0 Å². The highest BCUT2D eigenvalue weighted by molar-refractivity contribution is 4.98. The van der Waals surface area contributed by atoms with Crippen LogP contribution in [0.5, 0.6) is 0 Å². The Hall–Kier alpha value is -0.300. The molecule has 88 valence electrons. The smallest absolute Gasteiger partial charge is 0.0139 e. The van der Waals surface area contributed by atoms with Crippen molar-refractivity contribution in [3.63, 3.8) is 0 Å². The fourth-order valence-corrected chi connectivity index (χ4v) is 2.46. The molecule has 0 saturated heterocycles. The molecular formula is C14H27N. The van der Waals surface area contributed by atoms with Crippen molar-refractivity contribution >= 4 is 0 Å². The summed E-state index contributed by atoms with van der Waals surface area (Å²) in [5, 5.41) is 3.82. The summed E-state index contributed by atoms with van der Waals surface area (Å²) in [5.74, 6) is 1.60. The number of hydrogen-bond acceptors (Lipinski definition) is 1. The van der Waals surface area contributed by atoms with Gasteiger partial charge in [0.1, 0.15) is 0 Å². The van der Waals surface area contributed by atoms with Crippen LogP contribution in [0, 0.1) is 11.8 Å². The first-order chi connectivity index (χ1) is 7.08. The average molecular weight is 209 g/mol. The van der Waals surface area contributed by atoms with Gasteiger partial charge in [0.15, 0.2) is 0 Å². The van der Waals surface area contributed by atoms with E-state index in [1.54, 1.807) is 0 Å². The lowest BCUT2D eigenvalue weighted by Crippen LogP contribution is -2.38. The Labute approximate surface area is 95.3 Å². The van der Waals surface area contributed by atoms with Crippen molar-refractivity contribution < 1.29 is 0 Å². The van der Waals surface area contributed by atoms with Gasteiger partial charge in [0.25, 0.3) is 0 Å². The molecule has 0 unspecified atom stereocenters. The predicted molar refractivity (Wildman–Crippen MR) is 68.0 cm³/mol. The van der Waals surface area contributed by atoms with E-state index in [1.807, 2.05) is 0 Å². The molecule has 0 bridgehead atoms. The van der Waals surface area contributed by atoms with Crippen LogP contribution in [0.2, 0.25) is 0 Å². The molecule has 0 fully saturated rings. The molecule has 1 aliphatic carbocycles. The Balaban J connectivity index is 2.33.